The fourth-order valence-electron chi connectivity index (χ4n) is 2.26. The van der Waals surface area contributed by atoms with Crippen LogP contribution >= 0.6 is 0 Å². The van der Waals surface area contributed by atoms with E-state index in [2.05, 4.69) is 23.8 Å². The van der Waals surface area contributed by atoms with Crippen LogP contribution in [0.15, 0.2) is 0 Å². The molecule has 1 rings (SSSR count). The van der Waals surface area contributed by atoms with Gasteiger partial charge in [-0.05, 0) is 33.4 Å². The Bertz CT molecular complexity index is 221. The number of esters is 1. The lowest BCUT2D eigenvalue weighted by Crippen LogP contribution is -2.42. The molecule has 1 heterocycles. The van der Waals surface area contributed by atoms with E-state index in [1.54, 1.807) is 0 Å². The molecule has 1 saturated heterocycles. The Balaban J connectivity index is 2.50. The summed E-state index contributed by atoms with van der Waals surface area (Å²) >= 11 is 0. The summed E-state index contributed by atoms with van der Waals surface area (Å²) in [4.78, 5) is 16.1. The van der Waals surface area contributed by atoms with Crippen LogP contribution in [0.1, 0.15) is 26.7 Å². The van der Waals surface area contributed by atoms with Crippen LogP contribution in [0.3, 0.4) is 0 Å². The van der Waals surface area contributed by atoms with Crippen LogP contribution in [0, 0.1) is 0 Å². The van der Waals surface area contributed by atoms with E-state index >= 15 is 0 Å². The Morgan fingerprint density at radius 2 is 2.12 bits per heavy atom. The quantitative estimate of drug-likeness (QED) is 0.671. The highest BCUT2D eigenvalue weighted by molar-refractivity contribution is 5.71. The van der Waals surface area contributed by atoms with E-state index in [4.69, 9.17) is 4.74 Å². The second-order valence-corrected chi connectivity index (χ2v) is 4.45. The summed E-state index contributed by atoms with van der Waals surface area (Å²) in [5, 5.41) is 0. The van der Waals surface area contributed by atoms with Crippen molar-refractivity contribution in [1.29, 1.82) is 0 Å². The zero-order valence-corrected chi connectivity index (χ0v) is 10.7. The van der Waals surface area contributed by atoms with Crippen LogP contribution in [0.25, 0.3) is 0 Å². The van der Waals surface area contributed by atoms with E-state index < -0.39 is 0 Å². The van der Waals surface area contributed by atoms with Gasteiger partial charge in [0.25, 0.3) is 0 Å². The molecule has 4 heteroatoms. The molecule has 1 aliphatic rings. The lowest BCUT2D eigenvalue weighted by molar-refractivity contribution is -0.145. The zero-order chi connectivity index (χ0) is 12.0. The van der Waals surface area contributed by atoms with Crippen molar-refractivity contribution in [2.75, 3.05) is 39.8 Å². The van der Waals surface area contributed by atoms with Crippen molar-refractivity contribution in [2.24, 2.45) is 0 Å². The van der Waals surface area contributed by atoms with Crippen molar-refractivity contribution in [3.05, 3.63) is 0 Å². The fraction of sp³-hybridized carbons (Fsp3) is 0.917. The summed E-state index contributed by atoms with van der Waals surface area (Å²) in [7, 11) is 2.15. The van der Waals surface area contributed by atoms with Crippen LogP contribution in [-0.4, -0.2) is 61.6 Å². The molecule has 0 amide bonds. The topological polar surface area (TPSA) is 32.8 Å². The Morgan fingerprint density at radius 1 is 1.38 bits per heavy atom. The smallest absolute Gasteiger partial charge is 0.320 e. The van der Waals surface area contributed by atoms with E-state index in [-0.39, 0.29) is 5.97 Å². The third kappa shape index (κ3) is 4.10. The summed E-state index contributed by atoms with van der Waals surface area (Å²) in [5.41, 5.74) is 0. The molecule has 0 aromatic rings. The van der Waals surface area contributed by atoms with Crippen LogP contribution in [0.2, 0.25) is 0 Å². The van der Waals surface area contributed by atoms with Gasteiger partial charge in [-0.1, -0.05) is 6.92 Å². The lowest BCUT2D eigenvalue weighted by Gasteiger charge is -2.29. The SMILES string of the molecule is CCOC(=O)CN1CCCN(C)CC1CC. The van der Waals surface area contributed by atoms with Gasteiger partial charge in [0.05, 0.1) is 13.2 Å². The van der Waals surface area contributed by atoms with Crippen molar-refractivity contribution in [3.63, 3.8) is 0 Å². The van der Waals surface area contributed by atoms with E-state index in [0.29, 0.717) is 19.2 Å². The Morgan fingerprint density at radius 3 is 2.75 bits per heavy atom. The average Bonchev–Trinajstić information content (AvgIpc) is 2.41. The van der Waals surface area contributed by atoms with Gasteiger partial charge in [-0.25, -0.2) is 0 Å². The molecule has 94 valence electrons. The first kappa shape index (κ1) is 13.5. The second kappa shape index (κ2) is 6.86. The Labute approximate surface area is 98.5 Å². The molecule has 0 aromatic carbocycles. The number of ether oxygens (including phenoxy) is 1. The first-order chi connectivity index (χ1) is 7.67. The highest BCUT2D eigenvalue weighted by atomic mass is 16.5. The molecule has 0 saturated carbocycles. The van der Waals surface area contributed by atoms with Crippen LogP contribution < -0.4 is 0 Å². The number of nitrogens with zero attached hydrogens (tertiary/aromatic N) is 2. The molecule has 1 aliphatic heterocycles. The van der Waals surface area contributed by atoms with Gasteiger partial charge in [-0.3, -0.25) is 9.69 Å². The predicted molar refractivity (Wildman–Crippen MR) is 64.4 cm³/mol. The molecule has 0 radical (unpaired) electrons. The molecule has 1 atom stereocenters. The number of carbonyl (C=O) groups excluding carboxylic acids is 1. The van der Waals surface area contributed by atoms with Crippen molar-refractivity contribution in [2.45, 2.75) is 32.7 Å². The maximum absolute atomic E-state index is 11.5. The molecule has 0 N–H and O–H groups in total. The minimum absolute atomic E-state index is 0.0921. The van der Waals surface area contributed by atoms with Gasteiger partial charge in [-0.15, -0.1) is 0 Å². The van der Waals surface area contributed by atoms with E-state index in [1.807, 2.05) is 6.92 Å². The second-order valence-electron chi connectivity index (χ2n) is 4.45. The summed E-state index contributed by atoms with van der Waals surface area (Å²) in [5.74, 6) is -0.0921. The Kier molecular flexibility index (Phi) is 5.77. The van der Waals surface area contributed by atoms with Gasteiger partial charge in [-0.2, -0.15) is 0 Å². The number of likely N-dealkylation sites (N-methyl/N-ethyl adjacent to an activating group) is 1. The zero-order valence-electron chi connectivity index (χ0n) is 10.7. The monoisotopic (exact) mass is 228 g/mol. The summed E-state index contributed by atoms with van der Waals surface area (Å²) in [6.45, 7) is 8.13. The van der Waals surface area contributed by atoms with Gasteiger partial charge < -0.3 is 9.64 Å². The molecule has 1 fully saturated rings. The molecule has 0 aromatic heterocycles. The van der Waals surface area contributed by atoms with Crippen molar-refractivity contribution in [3.8, 4) is 0 Å². The maximum Gasteiger partial charge on any atom is 0.320 e. The van der Waals surface area contributed by atoms with Gasteiger partial charge in [0.15, 0.2) is 0 Å². The number of carbonyl (C=O) groups is 1. The molecule has 0 aliphatic carbocycles. The Hall–Kier alpha value is -0.610. The number of hydrogen-bond donors (Lipinski definition) is 0. The molecular formula is C12H24N2O2. The summed E-state index contributed by atoms with van der Waals surface area (Å²) in [6.07, 6.45) is 2.22. The summed E-state index contributed by atoms with van der Waals surface area (Å²) in [6, 6.07) is 0.483. The minimum Gasteiger partial charge on any atom is -0.465 e. The molecule has 0 spiro atoms. The average molecular weight is 228 g/mol. The highest BCUT2D eigenvalue weighted by Crippen LogP contribution is 2.11. The van der Waals surface area contributed by atoms with Crippen molar-refractivity contribution < 1.29 is 9.53 Å². The molecular weight excluding hydrogens is 204 g/mol. The largest absolute Gasteiger partial charge is 0.465 e. The van der Waals surface area contributed by atoms with Gasteiger partial charge in [0, 0.05) is 19.1 Å². The standard InChI is InChI=1S/C12H24N2O2/c1-4-11-9-13(3)7-6-8-14(11)10-12(15)16-5-2/h11H,4-10H2,1-3H3. The molecule has 16 heavy (non-hydrogen) atoms. The fourth-order valence-corrected chi connectivity index (χ4v) is 2.26. The van der Waals surface area contributed by atoms with Gasteiger partial charge in [0.2, 0.25) is 0 Å². The van der Waals surface area contributed by atoms with Crippen molar-refractivity contribution >= 4 is 5.97 Å². The molecule has 4 nitrogen and oxygen atoms in total. The van der Waals surface area contributed by atoms with Crippen LogP contribution in [0.5, 0.6) is 0 Å². The number of rotatable bonds is 4. The highest BCUT2D eigenvalue weighted by Gasteiger charge is 2.23. The van der Waals surface area contributed by atoms with Gasteiger partial charge >= 0.3 is 5.97 Å². The normalized spacial score (nSPS) is 24.1. The number of hydrogen-bond acceptors (Lipinski definition) is 4. The predicted octanol–water partition coefficient (Wildman–Crippen LogP) is 0.966. The summed E-state index contributed by atoms with van der Waals surface area (Å²) < 4.78 is 5.01. The lowest BCUT2D eigenvalue weighted by atomic mass is 10.2. The minimum atomic E-state index is -0.0921. The third-order valence-electron chi connectivity index (χ3n) is 3.13. The molecule has 0 bridgehead atoms. The van der Waals surface area contributed by atoms with Crippen LogP contribution in [-0.2, 0) is 9.53 Å². The first-order valence-corrected chi connectivity index (χ1v) is 6.25. The van der Waals surface area contributed by atoms with Crippen molar-refractivity contribution in [1.82, 2.24) is 9.80 Å². The first-order valence-electron chi connectivity index (χ1n) is 6.25. The van der Waals surface area contributed by atoms with E-state index in [0.717, 1.165) is 32.5 Å². The third-order valence-corrected chi connectivity index (χ3v) is 3.13. The van der Waals surface area contributed by atoms with Crippen LogP contribution in [0.4, 0.5) is 0 Å². The molecule has 1 unspecified atom stereocenters. The van der Waals surface area contributed by atoms with Gasteiger partial charge in [0.1, 0.15) is 0 Å². The maximum atomic E-state index is 11.5. The van der Waals surface area contributed by atoms with E-state index in [1.165, 1.54) is 0 Å². The van der Waals surface area contributed by atoms with E-state index in [9.17, 15) is 4.79 Å².